The zero-order valence-electron chi connectivity index (χ0n) is 16.4. The van der Waals surface area contributed by atoms with Crippen LogP contribution >= 0.6 is 0 Å². The van der Waals surface area contributed by atoms with Gasteiger partial charge >= 0.3 is 5.97 Å². The standard InChI is InChI=1S/C21H30N2O4/c1-4-17(10-11-21(2,3)20(24)25)27-19-8-6-18(7-9-19)26-15-5-13-23-14-12-22-16-23/h6-9,12,14,16-17H,4-5,10-11,13,15H2,1-3H3,(H,24,25). The number of aromatic nitrogens is 2. The van der Waals surface area contributed by atoms with Crippen LogP contribution in [0, 0.1) is 5.41 Å². The van der Waals surface area contributed by atoms with Gasteiger partial charge < -0.3 is 19.1 Å². The van der Waals surface area contributed by atoms with E-state index in [2.05, 4.69) is 11.9 Å². The molecule has 0 saturated heterocycles. The van der Waals surface area contributed by atoms with E-state index in [4.69, 9.17) is 9.47 Å². The molecule has 1 unspecified atom stereocenters. The van der Waals surface area contributed by atoms with E-state index in [1.807, 2.05) is 35.0 Å². The summed E-state index contributed by atoms with van der Waals surface area (Å²) in [6.45, 7) is 7.07. The third-order valence-electron chi connectivity index (χ3n) is 4.64. The second kappa shape index (κ2) is 10.00. The van der Waals surface area contributed by atoms with Crippen LogP contribution in [0.1, 0.15) is 46.5 Å². The zero-order valence-corrected chi connectivity index (χ0v) is 16.4. The van der Waals surface area contributed by atoms with Crippen molar-refractivity contribution >= 4 is 5.97 Å². The van der Waals surface area contributed by atoms with E-state index < -0.39 is 11.4 Å². The van der Waals surface area contributed by atoms with Crippen molar-refractivity contribution in [3.63, 3.8) is 0 Å². The number of aliphatic carboxylic acids is 1. The molecule has 6 nitrogen and oxygen atoms in total. The Hall–Kier alpha value is -2.50. The first kappa shape index (κ1) is 20.8. The predicted octanol–water partition coefficient (Wildman–Crippen LogP) is 4.40. The Balaban J connectivity index is 1.75. The lowest BCUT2D eigenvalue weighted by Crippen LogP contribution is -2.26. The van der Waals surface area contributed by atoms with Crippen LogP contribution in [-0.2, 0) is 11.3 Å². The fraction of sp³-hybridized carbons (Fsp3) is 0.524. The topological polar surface area (TPSA) is 73.6 Å². The lowest BCUT2D eigenvalue weighted by Gasteiger charge is -2.23. The van der Waals surface area contributed by atoms with Crippen LogP contribution in [0.15, 0.2) is 43.0 Å². The molecular weight excluding hydrogens is 344 g/mol. The minimum absolute atomic E-state index is 0.00516. The van der Waals surface area contributed by atoms with Gasteiger partial charge in [-0.05, 0) is 63.8 Å². The third-order valence-corrected chi connectivity index (χ3v) is 4.64. The molecule has 0 spiro atoms. The number of nitrogens with zero attached hydrogens (tertiary/aromatic N) is 2. The summed E-state index contributed by atoms with van der Waals surface area (Å²) in [7, 11) is 0. The molecule has 0 saturated carbocycles. The molecular formula is C21H30N2O4. The van der Waals surface area contributed by atoms with Crippen LogP contribution in [0.4, 0.5) is 0 Å². The average Bonchev–Trinajstić information content (AvgIpc) is 3.16. The highest BCUT2D eigenvalue weighted by Gasteiger charge is 2.28. The molecule has 1 aromatic heterocycles. The molecule has 0 aliphatic heterocycles. The number of imidazole rings is 1. The molecule has 0 bridgehead atoms. The lowest BCUT2D eigenvalue weighted by molar-refractivity contribution is -0.147. The predicted molar refractivity (Wildman–Crippen MR) is 104 cm³/mol. The first-order valence-corrected chi connectivity index (χ1v) is 9.49. The van der Waals surface area contributed by atoms with Gasteiger partial charge in [0.2, 0.25) is 0 Å². The molecule has 1 N–H and O–H groups in total. The van der Waals surface area contributed by atoms with Gasteiger partial charge in [0.25, 0.3) is 0 Å². The van der Waals surface area contributed by atoms with Gasteiger partial charge in [-0.3, -0.25) is 4.79 Å². The van der Waals surface area contributed by atoms with Crippen molar-refractivity contribution in [3.8, 4) is 11.5 Å². The number of aryl methyl sites for hydroxylation is 1. The number of carboxylic acids is 1. The lowest BCUT2D eigenvalue weighted by atomic mass is 9.86. The minimum Gasteiger partial charge on any atom is -0.494 e. The van der Waals surface area contributed by atoms with E-state index in [1.54, 1.807) is 26.4 Å². The molecule has 1 heterocycles. The maximum Gasteiger partial charge on any atom is 0.309 e. The van der Waals surface area contributed by atoms with Gasteiger partial charge in [0, 0.05) is 18.9 Å². The van der Waals surface area contributed by atoms with Gasteiger partial charge in [-0.15, -0.1) is 0 Å². The molecule has 0 fully saturated rings. The van der Waals surface area contributed by atoms with Crippen molar-refractivity contribution < 1.29 is 19.4 Å². The SMILES string of the molecule is CCC(CCC(C)(C)C(=O)O)Oc1ccc(OCCCn2ccnc2)cc1. The first-order chi connectivity index (χ1) is 12.9. The van der Waals surface area contributed by atoms with E-state index in [9.17, 15) is 9.90 Å². The van der Waals surface area contributed by atoms with Crippen molar-refractivity contribution in [2.75, 3.05) is 6.61 Å². The summed E-state index contributed by atoms with van der Waals surface area (Å²) in [4.78, 5) is 15.2. The Morgan fingerprint density at radius 1 is 1.26 bits per heavy atom. The van der Waals surface area contributed by atoms with Crippen molar-refractivity contribution in [1.29, 1.82) is 0 Å². The van der Waals surface area contributed by atoms with Gasteiger partial charge in [0.05, 0.1) is 24.5 Å². The number of benzene rings is 1. The van der Waals surface area contributed by atoms with Crippen molar-refractivity contribution in [1.82, 2.24) is 9.55 Å². The van der Waals surface area contributed by atoms with Crippen LogP contribution in [0.5, 0.6) is 11.5 Å². The Morgan fingerprint density at radius 3 is 2.56 bits per heavy atom. The van der Waals surface area contributed by atoms with E-state index in [-0.39, 0.29) is 6.10 Å². The van der Waals surface area contributed by atoms with Crippen LogP contribution in [0.25, 0.3) is 0 Å². The van der Waals surface area contributed by atoms with Gasteiger partial charge in [-0.2, -0.15) is 0 Å². The molecule has 6 heteroatoms. The smallest absolute Gasteiger partial charge is 0.309 e. The highest BCUT2D eigenvalue weighted by molar-refractivity contribution is 5.73. The van der Waals surface area contributed by atoms with Crippen LogP contribution in [-0.4, -0.2) is 33.3 Å². The van der Waals surface area contributed by atoms with E-state index in [0.717, 1.165) is 30.9 Å². The molecule has 1 atom stereocenters. The fourth-order valence-corrected chi connectivity index (χ4v) is 2.64. The van der Waals surface area contributed by atoms with Crippen molar-refractivity contribution in [3.05, 3.63) is 43.0 Å². The molecule has 0 amide bonds. The number of hydrogen-bond donors (Lipinski definition) is 1. The third kappa shape index (κ3) is 6.96. The second-order valence-electron chi connectivity index (χ2n) is 7.35. The number of carbonyl (C=O) groups is 1. The number of carboxylic acid groups (broad SMARTS) is 1. The Kier molecular flexibility index (Phi) is 7.70. The van der Waals surface area contributed by atoms with Crippen LogP contribution < -0.4 is 9.47 Å². The van der Waals surface area contributed by atoms with E-state index >= 15 is 0 Å². The zero-order chi connectivity index (χ0) is 19.7. The fourth-order valence-electron chi connectivity index (χ4n) is 2.64. The molecule has 2 rings (SSSR count). The second-order valence-corrected chi connectivity index (χ2v) is 7.35. The molecule has 0 aliphatic rings. The highest BCUT2D eigenvalue weighted by Crippen LogP contribution is 2.26. The molecule has 1 aromatic carbocycles. The number of ether oxygens (including phenoxy) is 2. The Labute approximate surface area is 161 Å². The van der Waals surface area contributed by atoms with E-state index in [1.165, 1.54) is 0 Å². The summed E-state index contributed by atoms with van der Waals surface area (Å²) in [5.41, 5.74) is -0.731. The van der Waals surface area contributed by atoms with Gasteiger partial charge in [0.15, 0.2) is 0 Å². The van der Waals surface area contributed by atoms with Crippen molar-refractivity contribution in [2.45, 2.75) is 59.1 Å². The summed E-state index contributed by atoms with van der Waals surface area (Å²) in [5, 5.41) is 9.23. The number of rotatable bonds is 12. The highest BCUT2D eigenvalue weighted by atomic mass is 16.5. The Bertz CT molecular complexity index is 681. The van der Waals surface area contributed by atoms with Gasteiger partial charge in [0.1, 0.15) is 11.5 Å². The summed E-state index contributed by atoms with van der Waals surface area (Å²) in [5.74, 6) is 0.820. The van der Waals surface area contributed by atoms with Gasteiger partial charge in [-0.1, -0.05) is 6.92 Å². The van der Waals surface area contributed by atoms with Crippen molar-refractivity contribution in [2.24, 2.45) is 5.41 Å². The Morgan fingerprint density at radius 2 is 1.96 bits per heavy atom. The molecule has 27 heavy (non-hydrogen) atoms. The molecule has 0 radical (unpaired) electrons. The summed E-state index contributed by atoms with van der Waals surface area (Å²) in [6.07, 6.45) is 8.55. The summed E-state index contributed by atoms with van der Waals surface area (Å²) >= 11 is 0. The first-order valence-electron chi connectivity index (χ1n) is 9.49. The molecule has 2 aromatic rings. The monoisotopic (exact) mass is 374 g/mol. The number of hydrogen-bond acceptors (Lipinski definition) is 4. The maximum absolute atomic E-state index is 11.2. The quantitative estimate of drug-likeness (QED) is 0.557. The molecule has 0 aliphatic carbocycles. The van der Waals surface area contributed by atoms with E-state index in [0.29, 0.717) is 19.4 Å². The maximum atomic E-state index is 11.2. The molecule has 148 valence electrons. The largest absolute Gasteiger partial charge is 0.494 e. The van der Waals surface area contributed by atoms with Gasteiger partial charge in [-0.25, -0.2) is 4.98 Å². The van der Waals surface area contributed by atoms with Crippen LogP contribution in [0.2, 0.25) is 0 Å². The summed E-state index contributed by atoms with van der Waals surface area (Å²) in [6, 6.07) is 7.60. The normalized spacial score (nSPS) is 12.6. The van der Waals surface area contributed by atoms with Crippen LogP contribution in [0.3, 0.4) is 0 Å². The minimum atomic E-state index is -0.771. The summed E-state index contributed by atoms with van der Waals surface area (Å²) < 4.78 is 13.8. The average molecular weight is 374 g/mol.